The van der Waals surface area contributed by atoms with Gasteiger partial charge in [-0.15, -0.1) is 0 Å². The molecular formula is C21H32N4O2. The predicted octanol–water partition coefficient (Wildman–Crippen LogP) is 1.98. The molecule has 6 heteroatoms. The van der Waals surface area contributed by atoms with Gasteiger partial charge in [0, 0.05) is 45.0 Å². The lowest BCUT2D eigenvalue weighted by molar-refractivity contribution is -0.143. The summed E-state index contributed by atoms with van der Waals surface area (Å²) in [6.07, 6.45) is 9.64. The van der Waals surface area contributed by atoms with E-state index in [1.54, 1.807) is 12.4 Å². The average molecular weight is 373 g/mol. The fraction of sp³-hybridized carbons (Fsp3) is 0.667. The lowest BCUT2D eigenvalue weighted by Gasteiger charge is -2.47. The van der Waals surface area contributed by atoms with Crippen molar-refractivity contribution in [3.8, 4) is 0 Å². The number of aromatic nitrogens is 1. The summed E-state index contributed by atoms with van der Waals surface area (Å²) in [6.45, 7) is 5.16. The summed E-state index contributed by atoms with van der Waals surface area (Å²) in [5, 5.41) is 0. The number of amides is 2. The molecule has 0 saturated carbocycles. The van der Waals surface area contributed by atoms with Crippen molar-refractivity contribution < 1.29 is 9.59 Å². The number of hydrogen-bond acceptors (Lipinski definition) is 4. The summed E-state index contributed by atoms with van der Waals surface area (Å²) in [6, 6.07) is 3.65. The molecular weight excluding hydrogens is 340 g/mol. The third kappa shape index (κ3) is 4.86. The van der Waals surface area contributed by atoms with Crippen LogP contribution in [0.15, 0.2) is 24.5 Å². The number of nitrogens with zero attached hydrogens (tertiary/aromatic N) is 3. The number of likely N-dealkylation sites (tertiary alicyclic amines) is 2. The highest BCUT2D eigenvalue weighted by Gasteiger charge is 2.41. The molecule has 1 aromatic heterocycles. The number of carbonyl (C=O) groups excluding carboxylic acids is 2. The molecule has 3 heterocycles. The molecule has 2 amide bonds. The number of carbonyl (C=O) groups is 2. The number of rotatable bonds is 6. The van der Waals surface area contributed by atoms with Gasteiger partial charge in [0.05, 0.1) is 6.04 Å². The van der Waals surface area contributed by atoms with E-state index in [2.05, 4.69) is 11.9 Å². The van der Waals surface area contributed by atoms with Crippen LogP contribution in [0.2, 0.25) is 0 Å². The zero-order valence-electron chi connectivity index (χ0n) is 16.4. The smallest absolute Gasteiger partial charge is 0.239 e. The first-order valence-electron chi connectivity index (χ1n) is 10.2. The second-order valence-electron chi connectivity index (χ2n) is 8.14. The molecule has 1 aromatic rings. The predicted molar refractivity (Wildman–Crippen MR) is 105 cm³/mol. The Kier molecular flexibility index (Phi) is 6.47. The maximum absolute atomic E-state index is 12.5. The van der Waals surface area contributed by atoms with Crippen molar-refractivity contribution in [3.63, 3.8) is 0 Å². The van der Waals surface area contributed by atoms with E-state index < -0.39 is 0 Å². The van der Waals surface area contributed by atoms with Gasteiger partial charge in [0.15, 0.2) is 0 Å². The van der Waals surface area contributed by atoms with Crippen LogP contribution < -0.4 is 5.73 Å². The quantitative estimate of drug-likeness (QED) is 0.828. The lowest BCUT2D eigenvalue weighted by Crippen LogP contribution is -2.54. The molecule has 2 aliphatic heterocycles. The van der Waals surface area contributed by atoms with Gasteiger partial charge < -0.3 is 15.5 Å². The van der Waals surface area contributed by atoms with E-state index >= 15 is 0 Å². The molecule has 3 rings (SSSR count). The molecule has 1 atom stereocenters. The number of piperidine rings is 2. The fourth-order valence-corrected chi connectivity index (χ4v) is 4.40. The normalized spacial score (nSPS) is 20.7. The Morgan fingerprint density at radius 2 is 1.96 bits per heavy atom. The monoisotopic (exact) mass is 372 g/mol. The molecule has 0 radical (unpaired) electrons. The summed E-state index contributed by atoms with van der Waals surface area (Å²) in [4.78, 5) is 32.9. The van der Waals surface area contributed by atoms with Crippen molar-refractivity contribution in [2.24, 2.45) is 11.1 Å². The van der Waals surface area contributed by atoms with Gasteiger partial charge >= 0.3 is 0 Å². The molecule has 27 heavy (non-hydrogen) atoms. The summed E-state index contributed by atoms with van der Waals surface area (Å²) < 4.78 is 0. The molecule has 2 fully saturated rings. The SMILES string of the molecule is CCC[C@H](N)C(=O)N1CCC2(CCC(=O)N(CCc3ccncc3)C2)CC1. The van der Waals surface area contributed by atoms with Gasteiger partial charge in [0.25, 0.3) is 0 Å². The fourth-order valence-electron chi connectivity index (χ4n) is 4.40. The second-order valence-corrected chi connectivity index (χ2v) is 8.14. The molecule has 2 saturated heterocycles. The van der Waals surface area contributed by atoms with Crippen LogP contribution in [0.5, 0.6) is 0 Å². The van der Waals surface area contributed by atoms with Crippen LogP contribution in [0, 0.1) is 5.41 Å². The first-order valence-corrected chi connectivity index (χ1v) is 10.2. The zero-order valence-corrected chi connectivity index (χ0v) is 16.4. The van der Waals surface area contributed by atoms with E-state index in [0.29, 0.717) is 6.42 Å². The molecule has 0 bridgehead atoms. The van der Waals surface area contributed by atoms with Crippen molar-refractivity contribution in [1.29, 1.82) is 0 Å². The van der Waals surface area contributed by atoms with Crippen molar-refractivity contribution in [3.05, 3.63) is 30.1 Å². The summed E-state index contributed by atoms with van der Waals surface area (Å²) in [7, 11) is 0. The third-order valence-corrected chi connectivity index (χ3v) is 6.22. The Balaban J connectivity index is 1.54. The van der Waals surface area contributed by atoms with E-state index in [4.69, 9.17) is 5.73 Å². The molecule has 6 nitrogen and oxygen atoms in total. The van der Waals surface area contributed by atoms with Crippen LogP contribution >= 0.6 is 0 Å². The summed E-state index contributed by atoms with van der Waals surface area (Å²) >= 11 is 0. The van der Waals surface area contributed by atoms with Crippen LogP contribution in [-0.2, 0) is 16.0 Å². The standard InChI is InChI=1S/C21H32N4O2/c1-2-3-18(22)20(27)24-14-9-21(10-15-24)8-4-19(26)25(16-21)13-7-17-5-11-23-12-6-17/h5-6,11-12,18H,2-4,7-10,13-16,22H2,1H3/t18-/m0/s1. The Morgan fingerprint density at radius 3 is 2.63 bits per heavy atom. The van der Waals surface area contributed by atoms with Gasteiger partial charge in [0.1, 0.15) is 0 Å². The zero-order chi connectivity index (χ0) is 19.3. The Labute approximate surface area is 162 Å². The molecule has 0 aliphatic carbocycles. The van der Waals surface area contributed by atoms with Gasteiger partial charge in [-0.25, -0.2) is 0 Å². The molecule has 0 aromatic carbocycles. The maximum atomic E-state index is 12.5. The van der Waals surface area contributed by atoms with Crippen LogP contribution in [0.4, 0.5) is 0 Å². The minimum atomic E-state index is -0.367. The summed E-state index contributed by atoms with van der Waals surface area (Å²) in [5.74, 6) is 0.353. The second kappa shape index (κ2) is 8.83. The highest BCUT2D eigenvalue weighted by atomic mass is 16.2. The van der Waals surface area contributed by atoms with Gasteiger partial charge in [-0.1, -0.05) is 13.3 Å². The van der Waals surface area contributed by atoms with Crippen LogP contribution in [-0.4, -0.2) is 58.8 Å². The van der Waals surface area contributed by atoms with Gasteiger partial charge in [-0.05, 0) is 55.2 Å². The van der Waals surface area contributed by atoms with Gasteiger partial charge in [-0.2, -0.15) is 0 Å². The minimum Gasteiger partial charge on any atom is -0.342 e. The number of hydrogen-bond donors (Lipinski definition) is 1. The van der Waals surface area contributed by atoms with Crippen molar-refractivity contribution in [2.45, 2.75) is 57.9 Å². The molecule has 2 N–H and O–H groups in total. The number of pyridine rings is 1. The minimum absolute atomic E-state index is 0.0909. The lowest BCUT2D eigenvalue weighted by atomic mass is 9.72. The molecule has 1 spiro atoms. The van der Waals surface area contributed by atoms with E-state index in [1.807, 2.05) is 21.9 Å². The Morgan fingerprint density at radius 1 is 1.26 bits per heavy atom. The van der Waals surface area contributed by atoms with Gasteiger partial charge in [-0.3, -0.25) is 14.6 Å². The van der Waals surface area contributed by atoms with E-state index in [-0.39, 0.29) is 23.3 Å². The highest BCUT2D eigenvalue weighted by Crippen LogP contribution is 2.40. The van der Waals surface area contributed by atoms with Crippen molar-refractivity contribution in [2.75, 3.05) is 26.2 Å². The molecule has 0 unspecified atom stereocenters. The summed E-state index contributed by atoms with van der Waals surface area (Å²) in [5.41, 5.74) is 7.39. The average Bonchev–Trinajstić information content (AvgIpc) is 2.70. The first-order chi connectivity index (χ1) is 13.0. The number of nitrogens with two attached hydrogens (primary N) is 1. The third-order valence-electron chi connectivity index (χ3n) is 6.22. The van der Waals surface area contributed by atoms with E-state index in [0.717, 1.165) is 64.7 Å². The van der Waals surface area contributed by atoms with E-state index in [9.17, 15) is 9.59 Å². The van der Waals surface area contributed by atoms with Crippen LogP contribution in [0.25, 0.3) is 0 Å². The largest absolute Gasteiger partial charge is 0.342 e. The Bertz CT molecular complexity index is 641. The molecule has 2 aliphatic rings. The van der Waals surface area contributed by atoms with Gasteiger partial charge in [0.2, 0.25) is 11.8 Å². The highest BCUT2D eigenvalue weighted by molar-refractivity contribution is 5.81. The molecule has 148 valence electrons. The van der Waals surface area contributed by atoms with E-state index in [1.165, 1.54) is 5.56 Å². The topological polar surface area (TPSA) is 79.5 Å². The Hall–Kier alpha value is -1.95. The maximum Gasteiger partial charge on any atom is 0.239 e. The van der Waals surface area contributed by atoms with Crippen LogP contribution in [0.1, 0.15) is 51.0 Å². The van der Waals surface area contributed by atoms with Crippen LogP contribution in [0.3, 0.4) is 0 Å². The first kappa shape index (κ1) is 19.8. The van der Waals surface area contributed by atoms with Crippen molar-refractivity contribution in [1.82, 2.24) is 14.8 Å². The van der Waals surface area contributed by atoms with Crippen molar-refractivity contribution >= 4 is 11.8 Å².